The Kier molecular flexibility index (Phi) is 7.77. The molecule has 0 aromatic heterocycles. The number of ether oxygens (including phenoxy) is 2. The van der Waals surface area contributed by atoms with Crippen LogP contribution in [0.15, 0.2) is 72.8 Å². The van der Waals surface area contributed by atoms with E-state index >= 15 is 0 Å². The van der Waals surface area contributed by atoms with Crippen molar-refractivity contribution in [3.05, 3.63) is 99.1 Å². The van der Waals surface area contributed by atoms with E-state index in [-0.39, 0.29) is 16.3 Å². The number of halogens is 1. The third-order valence-corrected chi connectivity index (χ3v) is 4.64. The van der Waals surface area contributed by atoms with Crippen LogP contribution in [0.5, 0.6) is 11.5 Å². The first-order chi connectivity index (χ1) is 15.9. The standard InChI is InChI=1S/C24H19ClN2O6/c1-2-32-23(28)13-8-16-6-10-19(11-7-16)33-20-5-3-4-17(14-20)26-24(29)21-15-18(27(30)31)9-12-22(21)25/h3-15H,2H2,1H3,(H,26,29)/b13-8+. The Balaban J connectivity index is 1.68. The first-order valence-electron chi connectivity index (χ1n) is 9.84. The molecule has 8 nitrogen and oxygen atoms in total. The number of nitrogens with one attached hydrogen (secondary N) is 1. The number of non-ortho nitro benzene ring substituents is 1. The quantitative estimate of drug-likeness (QED) is 0.192. The van der Waals surface area contributed by atoms with Crippen molar-refractivity contribution in [2.45, 2.75) is 6.92 Å². The molecule has 3 aromatic rings. The Hall–Kier alpha value is -4.17. The highest BCUT2D eigenvalue weighted by Crippen LogP contribution is 2.27. The van der Waals surface area contributed by atoms with Crippen LogP contribution >= 0.6 is 11.6 Å². The molecule has 0 saturated carbocycles. The van der Waals surface area contributed by atoms with Gasteiger partial charge < -0.3 is 14.8 Å². The van der Waals surface area contributed by atoms with Crippen molar-refractivity contribution < 1.29 is 24.0 Å². The molecule has 3 rings (SSSR count). The molecule has 1 amide bonds. The summed E-state index contributed by atoms with van der Waals surface area (Å²) in [5, 5.41) is 13.7. The smallest absolute Gasteiger partial charge is 0.330 e. The summed E-state index contributed by atoms with van der Waals surface area (Å²) >= 11 is 6.03. The molecule has 0 saturated heterocycles. The summed E-state index contributed by atoms with van der Waals surface area (Å²) in [5.41, 5.74) is 0.977. The molecule has 0 unspecified atom stereocenters. The largest absolute Gasteiger partial charge is 0.463 e. The first-order valence-corrected chi connectivity index (χ1v) is 10.2. The number of hydrogen-bond acceptors (Lipinski definition) is 6. The van der Waals surface area contributed by atoms with Gasteiger partial charge >= 0.3 is 5.97 Å². The molecule has 1 N–H and O–H groups in total. The normalized spacial score (nSPS) is 10.6. The zero-order valence-corrected chi connectivity index (χ0v) is 18.2. The summed E-state index contributed by atoms with van der Waals surface area (Å²) in [5.74, 6) is 0.0166. The number of benzene rings is 3. The molecule has 0 bridgehead atoms. The SMILES string of the molecule is CCOC(=O)/C=C/c1ccc(Oc2cccc(NC(=O)c3cc([N+](=O)[O-])ccc3Cl)c2)cc1. The van der Waals surface area contributed by atoms with Crippen molar-refractivity contribution in [2.75, 3.05) is 11.9 Å². The Labute approximate surface area is 194 Å². The number of rotatable bonds is 8. The molecule has 0 fully saturated rings. The maximum Gasteiger partial charge on any atom is 0.330 e. The van der Waals surface area contributed by atoms with E-state index in [1.807, 2.05) is 0 Å². The molecule has 0 spiro atoms. The fraction of sp³-hybridized carbons (Fsp3) is 0.0833. The predicted octanol–water partition coefficient (Wildman–Crippen LogP) is 5.87. The molecule has 0 aliphatic rings. The molecular weight excluding hydrogens is 448 g/mol. The van der Waals surface area contributed by atoms with Gasteiger partial charge in [0.15, 0.2) is 0 Å². The van der Waals surface area contributed by atoms with Crippen molar-refractivity contribution in [3.8, 4) is 11.5 Å². The van der Waals surface area contributed by atoms with Gasteiger partial charge in [0.25, 0.3) is 11.6 Å². The van der Waals surface area contributed by atoms with E-state index in [2.05, 4.69) is 5.32 Å². The van der Waals surface area contributed by atoms with Crippen LogP contribution in [0, 0.1) is 10.1 Å². The molecule has 0 aliphatic carbocycles. The number of esters is 1. The van der Waals surface area contributed by atoms with Gasteiger partial charge in [-0.2, -0.15) is 0 Å². The van der Waals surface area contributed by atoms with Crippen molar-refractivity contribution in [3.63, 3.8) is 0 Å². The number of nitro benzene ring substituents is 1. The summed E-state index contributed by atoms with van der Waals surface area (Å²) in [6, 6.07) is 17.3. The molecule has 0 radical (unpaired) electrons. The first kappa shape index (κ1) is 23.5. The third kappa shape index (κ3) is 6.65. The van der Waals surface area contributed by atoms with E-state index < -0.39 is 16.8 Å². The zero-order chi connectivity index (χ0) is 23.8. The molecule has 0 atom stereocenters. The van der Waals surface area contributed by atoms with Crippen LogP contribution in [0.1, 0.15) is 22.8 Å². The minimum Gasteiger partial charge on any atom is -0.463 e. The van der Waals surface area contributed by atoms with Gasteiger partial charge in [0.05, 0.1) is 22.1 Å². The number of hydrogen-bond donors (Lipinski definition) is 1. The highest BCUT2D eigenvalue weighted by Gasteiger charge is 2.16. The second-order valence-electron chi connectivity index (χ2n) is 6.66. The summed E-state index contributed by atoms with van der Waals surface area (Å²) in [4.78, 5) is 34.3. The fourth-order valence-corrected chi connectivity index (χ4v) is 2.98. The van der Waals surface area contributed by atoms with Gasteiger partial charge in [0.2, 0.25) is 0 Å². The van der Waals surface area contributed by atoms with E-state index in [9.17, 15) is 19.7 Å². The lowest BCUT2D eigenvalue weighted by molar-refractivity contribution is -0.384. The van der Waals surface area contributed by atoms with Crippen molar-refractivity contribution >= 4 is 40.9 Å². The summed E-state index contributed by atoms with van der Waals surface area (Å²) < 4.78 is 10.7. The molecule has 168 valence electrons. The van der Waals surface area contributed by atoms with Gasteiger partial charge in [-0.25, -0.2) is 4.79 Å². The molecule has 33 heavy (non-hydrogen) atoms. The van der Waals surface area contributed by atoms with Crippen molar-refractivity contribution in [2.24, 2.45) is 0 Å². The van der Waals surface area contributed by atoms with Crippen LogP contribution in [0.2, 0.25) is 5.02 Å². The van der Waals surface area contributed by atoms with Gasteiger partial charge in [-0.3, -0.25) is 14.9 Å². The van der Waals surface area contributed by atoms with Gasteiger partial charge in [-0.15, -0.1) is 0 Å². The van der Waals surface area contributed by atoms with E-state index in [0.717, 1.165) is 11.6 Å². The highest BCUT2D eigenvalue weighted by atomic mass is 35.5. The Bertz CT molecular complexity index is 1210. The maximum absolute atomic E-state index is 12.6. The van der Waals surface area contributed by atoms with E-state index in [1.165, 1.54) is 18.2 Å². The highest BCUT2D eigenvalue weighted by molar-refractivity contribution is 6.34. The molecule has 9 heteroatoms. The van der Waals surface area contributed by atoms with Crippen LogP contribution < -0.4 is 10.1 Å². The monoisotopic (exact) mass is 466 g/mol. The lowest BCUT2D eigenvalue weighted by atomic mass is 10.2. The maximum atomic E-state index is 12.6. The lowest BCUT2D eigenvalue weighted by Gasteiger charge is -2.10. The predicted molar refractivity (Wildman–Crippen MR) is 125 cm³/mol. The number of nitro groups is 1. The minimum atomic E-state index is -0.598. The van der Waals surface area contributed by atoms with Gasteiger partial charge in [0, 0.05) is 30.0 Å². The third-order valence-electron chi connectivity index (χ3n) is 4.31. The van der Waals surface area contributed by atoms with Crippen LogP contribution in [-0.4, -0.2) is 23.4 Å². The average molecular weight is 467 g/mol. The summed E-state index contributed by atoms with van der Waals surface area (Å²) in [6.07, 6.45) is 2.98. The topological polar surface area (TPSA) is 108 Å². The number of amides is 1. The molecule has 0 aliphatic heterocycles. The minimum absolute atomic E-state index is 0.0105. The average Bonchev–Trinajstić information content (AvgIpc) is 2.79. The van der Waals surface area contributed by atoms with Crippen molar-refractivity contribution in [1.29, 1.82) is 0 Å². The lowest BCUT2D eigenvalue weighted by Crippen LogP contribution is -2.12. The van der Waals surface area contributed by atoms with E-state index in [0.29, 0.717) is 23.8 Å². The van der Waals surface area contributed by atoms with Crippen LogP contribution in [-0.2, 0) is 9.53 Å². The number of carbonyl (C=O) groups is 2. The Morgan fingerprint density at radius 1 is 1.06 bits per heavy atom. The molecule has 0 heterocycles. The summed E-state index contributed by atoms with van der Waals surface area (Å²) in [7, 11) is 0. The Morgan fingerprint density at radius 2 is 1.82 bits per heavy atom. The Morgan fingerprint density at radius 3 is 2.52 bits per heavy atom. The van der Waals surface area contributed by atoms with Gasteiger partial charge in [-0.1, -0.05) is 29.8 Å². The van der Waals surface area contributed by atoms with E-state index in [4.69, 9.17) is 21.1 Å². The van der Waals surface area contributed by atoms with Crippen LogP contribution in [0.3, 0.4) is 0 Å². The van der Waals surface area contributed by atoms with Crippen LogP contribution in [0.4, 0.5) is 11.4 Å². The molecule has 3 aromatic carbocycles. The second kappa shape index (κ2) is 10.9. The fourth-order valence-electron chi connectivity index (χ4n) is 2.77. The zero-order valence-electron chi connectivity index (χ0n) is 17.5. The number of anilines is 1. The van der Waals surface area contributed by atoms with Gasteiger partial charge in [0.1, 0.15) is 11.5 Å². The molecular formula is C24H19ClN2O6. The number of carbonyl (C=O) groups excluding carboxylic acids is 2. The second-order valence-corrected chi connectivity index (χ2v) is 7.07. The van der Waals surface area contributed by atoms with E-state index in [1.54, 1.807) is 61.5 Å². The number of nitrogens with zero attached hydrogens (tertiary/aromatic N) is 1. The summed E-state index contributed by atoms with van der Waals surface area (Å²) in [6.45, 7) is 2.05. The van der Waals surface area contributed by atoms with Crippen LogP contribution in [0.25, 0.3) is 6.08 Å². The van der Waals surface area contributed by atoms with Gasteiger partial charge in [-0.05, 0) is 48.9 Å². The van der Waals surface area contributed by atoms with Crippen molar-refractivity contribution in [1.82, 2.24) is 0 Å².